The SMILES string of the molecule is CCC(CC)C(C)Nc1cc(C#N)cc(C)n1. The molecule has 0 aromatic carbocycles. The highest BCUT2D eigenvalue weighted by Crippen LogP contribution is 2.18. The summed E-state index contributed by atoms with van der Waals surface area (Å²) in [4.78, 5) is 4.41. The Morgan fingerprint density at radius 1 is 1.35 bits per heavy atom. The number of aryl methyl sites for hydroxylation is 1. The topological polar surface area (TPSA) is 48.7 Å². The van der Waals surface area contributed by atoms with Gasteiger partial charge >= 0.3 is 0 Å². The highest BCUT2D eigenvalue weighted by Gasteiger charge is 2.13. The number of nitrogens with one attached hydrogen (secondary N) is 1. The quantitative estimate of drug-likeness (QED) is 0.843. The van der Waals surface area contributed by atoms with Gasteiger partial charge in [0.2, 0.25) is 0 Å². The van der Waals surface area contributed by atoms with Gasteiger partial charge in [-0.1, -0.05) is 26.7 Å². The van der Waals surface area contributed by atoms with Crippen molar-refractivity contribution in [3.8, 4) is 6.07 Å². The van der Waals surface area contributed by atoms with Crippen LogP contribution in [0.1, 0.15) is 44.9 Å². The summed E-state index contributed by atoms with van der Waals surface area (Å²) in [5.41, 5.74) is 1.54. The van der Waals surface area contributed by atoms with Gasteiger partial charge in [-0.3, -0.25) is 0 Å². The Morgan fingerprint density at radius 3 is 2.53 bits per heavy atom. The molecule has 1 unspecified atom stereocenters. The van der Waals surface area contributed by atoms with Crippen molar-refractivity contribution in [2.24, 2.45) is 5.92 Å². The molecule has 92 valence electrons. The van der Waals surface area contributed by atoms with Crippen molar-refractivity contribution in [2.45, 2.75) is 46.6 Å². The lowest BCUT2D eigenvalue weighted by Gasteiger charge is -2.23. The molecule has 0 bridgehead atoms. The van der Waals surface area contributed by atoms with Gasteiger partial charge in [0.05, 0.1) is 11.6 Å². The van der Waals surface area contributed by atoms with Crippen LogP contribution in [0.5, 0.6) is 0 Å². The standard InChI is InChI=1S/C14H21N3/c1-5-13(6-2)11(4)17-14-8-12(9-15)7-10(3)16-14/h7-8,11,13H,5-6H2,1-4H3,(H,16,17). The Labute approximate surface area is 104 Å². The van der Waals surface area contributed by atoms with E-state index >= 15 is 0 Å². The molecule has 0 fully saturated rings. The fourth-order valence-electron chi connectivity index (χ4n) is 2.15. The highest BCUT2D eigenvalue weighted by molar-refractivity contribution is 5.44. The van der Waals surface area contributed by atoms with Gasteiger partial charge in [-0.15, -0.1) is 0 Å². The van der Waals surface area contributed by atoms with Crippen LogP contribution in [0.4, 0.5) is 5.82 Å². The average Bonchev–Trinajstić information content (AvgIpc) is 2.29. The summed E-state index contributed by atoms with van der Waals surface area (Å²) < 4.78 is 0. The fraction of sp³-hybridized carbons (Fsp3) is 0.571. The second-order valence-electron chi connectivity index (χ2n) is 4.50. The smallest absolute Gasteiger partial charge is 0.127 e. The Kier molecular flexibility index (Phi) is 4.96. The second kappa shape index (κ2) is 6.24. The first-order valence-corrected chi connectivity index (χ1v) is 6.26. The predicted molar refractivity (Wildman–Crippen MR) is 70.8 cm³/mol. The van der Waals surface area contributed by atoms with E-state index in [9.17, 15) is 0 Å². The number of nitriles is 1. The number of anilines is 1. The number of aromatic nitrogens is 1. The third-order valence-corrected chi connectivity index (χ3v) is 3.21. The molecule has 0 aliphatic rings. The van der Waals surface area contributed by atoms with Crippen LogP contribution in [0.2, 0.25) is 0 Å². The predicted octanol–water partition coefficient (Wildman–Crippen LogP) is 3.50. The molecule has 0 saturated carbocycles. The first-order valence-electron chi connectivity index (χ1n) is 6.26. The molecule has 1 rings (SSSR count). The minimum Gasteiger partial charge on any atom is -0.367 e. The summed E-state index contributed by atoms with van der Waals surface area (Å²) >= 11 is 0. The van der Waals surface area contributed by atoms with Gasteiger partial charge < -0.3 is 5.32 Å². The minimum atomic E-state index is 0.380. The molecule has 0 aliphatic carbocycles. The van der Waals surface area contributed by atoms with Crippen molar-refractivity contribution < 1.29 is 0 Å². The van der Waals surface area contributed by atoms with E-state index in [0.29, 0.717) is 17.5 Å². The molecule has 3 heteroatoms. The largest absolute Gasteiger partial charge is 0.367 e. The van der Waals surface area contributed by atoms with Gasteiger partial charge in [-0.05, 0) is 31.9 Å². The number of rotatable bonds is 5. The molecule has 3 nitrogen and oxygen atoms in total. The van der Waals surface area contributed by atoms with Crippen LogP contribution in [-0.4, -0.2) is 11.0 Å². The fourth-order valence-corrected chi connectivity index (χ4v) is 2.15. The summed E-state index contributed by atoms with van der Waals surface area (Å²) in [6, 6.07) is 6.15. The Balaban J connectivity index is 2.81. The van der Waals surface area contributed by atoms with Crippen molar-refractivity contribution in [1.82, 2.24) is 4.98 Å². The van der Waals surface area contributed by atoms with Crippen LogP contribution < -0.4 is 5.32 Å². The van der Waals surface area contributed by atoms with Crippen molar-refractivity contribution in [3.63, 3.8) is 0 Å². The zero-order valence-electron chi connectivity index (χ0n) is 11.1. The lowest BCUT2D eigenvalue weighted by molar-refractivity contribution is 0.437. The van der Waals surface area contributed by atoms with Crippen LogP contribution >= 0.6 is 0 Å². The molecule has 0 amide bonds. The van der Waals surface area contributed by atoms with Crippen molar-refractivity contribution >= 4 is 5.82 Å². The maximum atomic E-state index is 8.92. The lowest BCUT2D eigenvalue weighted by Crippen LogP contribution is -2.25. The van der Waals surface area contributed by atoms with Gasteiger partial charge in [0, 0.05) is 11.7 Å². The van der Waals surface area contributed by atoms with E-state index in [1.54, 1.807) is 6.07 Å². The van der Waals surface area contributed by atoms with E-state index in [4.69, 9.17) is 5.26 Å². The summed E-state index contributed by atoms with van der Waals surface area (Å²) in [6.07, 6.45) is 2.31. The summed E-state index contributed by atoms with van der Waals surface area (Å²) in [6.45, 7) is 8.50. The summed E-state index contributed by atoms with van der Waals surface area (Å²) in [5, 5.41) is 12.3. The zero-order chi connectivity index (χ0) is 12.8. The van der Waals surface area contributed by atoms with E-state index in [2.05, 4.69) is 37.1 Å². The first kappa shape index (κ1) is 13.5. The molecule has 1 aromatic rings. The van der Waals surface area contributed by atoms with E-state index < -0.39 is 0 Å². The van der Waals surface area contributed by atoms with Gasteiger partial charge in [-0.25, -0.2) is 4.98 Å². The molecule has 17 heavy (non-hydrogen) atoms. The molecule has 1 atom stereocenters. The monoisotopic (exact) mass is 231 g/mol. The van der Waals surface area contributed by atoms with E-state index in [1.807, 2.05) is 13.0 Å². The van der Waals surface area contributed by atoms with Crippen LogP contribution in [0.15, 0.2) is 12.1 Å². The van der Waals surface area contributed by atoms with Crippen molar-refractivity contribution in [2.75, 3.05) is 5.32 Å². The van der Waals surface area contributed by atoms with Crippen LogP contribution in [-0.2, 0) is 0 Å². The number of nitrogens with zero attached hydrogens (tertiary/aromatic N) is 2. The van der Waals surface area contributed by atoms with E-state index in [0.717, 1.165) is 24.4 Å². The number of hydrogen-bond donors (Lipinski definition) is 1. The molecule has 0 saturated heterocycles. The van der Waals surface area contributed by atoms with Crippen LogP contribution in [0.25, 0.3) is 0 Å². The summed E-state index contributed by atoms with van der Waals surface area (Å²) in [5.74, 6) is 1.45. The zero-order valence-corrected chi connectivity index (χ0v) is 11.1. The second-order valence-corrected chi connectivity index (χ2v) is 4.50. The number of hydrogen-bond acceptors (Lipinski definition) is 3. The minimum absolute atomic E-state index is 0.380. The third kappa shape index (κ3) is 3.74. The molecule has 0 spiro atoms. The third-order valence-electron chi connectivity index (χ3n) is 3.21. The molecule has 1 heterocycles. The van der Waals surface area contributed by atoms with E-state index in [-0.39, 0.29) is 0 Å². The Bertz CT molecular complexity index is 402. The highest BCUT2D eigenvalue weighted by atomic mass is 15.0. The molecular formula is C14H21N3. The maximum Gasteiger partial charge on any atom is 0.127 e. The summed E-state index contributed by atoms with van der Waals surface area (Å²) in [7, 11) is 0. The van der Waals surface area contributed by atoms with Crippen molar-refractivity contribution in [3.05, 3.63) is 23.4 Å². The molecule has 0 radical (unpaired) electrons. The Hall–Kier alpha value is -1.56. The maximum absolute atomic E-state index is 8.92. The van der Waals surface area contributed by atoms with Gasteiger partial charge in [0.25, 0.3) is 0 Å². The lowest BCUT2D eigenvalue weighted by atomic mass is 9.95. The normalized spacial score (nSPS) is 12.2. The number of pyridine rings is 1. The first-order chi connectivity index (χ1) is 8.10. The molecule has 1 aromatic heterocycles. The van der Waals surface area contributed by atoms with E-state index in [1.165, 1.54) is 0 Å². The molecular weight excluding hydrogens is 210 g/mol. The molecule has 1 N–H and O–H groups in total. The van der Waals surface area contributed by atoms with Gasteiger partial charge in [0.1, 0.15) is 5.82 Å². The van der Waals surface area contributed by atoms with Crippen LogP contribution in [0, 0.1) is 24.2 Å². The Morgan fingerprint density at radius 2 is 2.00 bits per heavy atom. The van der Waals surface area contributed by atoms with Crippen molar-refractivity contribution in [1.29, 1.82) is 5.26 Å². The molecule has 0 aliphatic heterocycles. The van der Waals surface area contributed by atoms with Gasteiger partial charge in [-0.2, -0.15) is 5.26 Å². The van der Waals surface area contributed by atoms with Gasteiger partial charge in [0.15, 0.2) is 0 Å². The average molecular weight is 231 g/mol. The van der Waals surface area contributed by atoms with Crippen LogP contribution in [0.3, 0.4) is 0 Å².